The molecule has 0 unspecified atom stereocenters. The lowest BCUT2D eigenvalue weighted by Gasteiger charge is -2.17. The first-order valence-electron chi connectivity index (χ1n) is 7.04. The SMILES string of the molecule is CCN[C@@H](Cc1cc(Br)c(OCC)c(Br)c1)C(=O)OCC. The Morgan fingerprint density at radius 1 is 1.19 bits per heavy atom. The first-order chi connectivity index (χ1) is 10.0. The molecular formula is C15H21Br2NO3. The maximum atomic E-state index is 11.9. The topological polar surface area (TPSA) is 47.6 Å². The molecule has 1 rings (SSSR count). The quantitative estimate of drug-likeness (QED) is 0.649. The Labute approximate surface area is 142 Å². The Hall–Kier alpha value is -0.590. The standard InChI is InChI=1S/C15H21Br2NO3/c1-4-18-13(15(19)21-6-3)9-10-7-11(16)14(20-5-2)12(17)8-10/h7-8,13,18H,4-6,9H2,1-3H3/t13-/m0/s1. The largest absolute Gasteiger partial charge is 0.492 e. The zero-order valence-electron chi connectivity index (χ0n) is 12.5. The lowest BCUT2D eigenvalue weighted by Crippen LogP contribution is -2.39. The highest BCUT2D eigenvalue weighted by molar-refractivity contribution is 9.11. The van der Waals surface area contributed by atoms with Crippen molar-refractivity contribution in [2.45, 2.75) is 33.2 Å². The van der Waals surface area contributed by atoms with E-state index in [9.17, 15) is 4.79 Å². The maximum absolute atomic E-state index is 11.9. The number of carbonyl (C=O) groups is 1. The number of esters is 1. The minimum absolute atomic E-state index is 0.222. The van der Waals surface area contributed by atoms with Crippen LogP contribution in [0.5, 0.6) is 5.75 Å². The van der Waals surface area contributed by atoms with Gasteiger partial charge in [0.1, 0.15) is 11.8 Å². The number of nitrogens with one attached hydrogen (secondary N) is 1. The highest BCUT2D eigenvalue weighted by Gasteiger charge is 2.20. The molecule has 0 radical (unpaired) electrons. The van der Waals surface area contributed by atoms with Gasteiger partial charge in [0.05, 0.1) is 22.2 Å². The lowest BCUT2D eigenvalue weighted by molar-refractivity contribution is -0.145. The van der Waals surface area contributed by atoms with E-state index in [4.69, 9.17) is 9.47 Å². The first kappa shape index (κ1) is 18.5. The highest BCUT2D eigenvalue weighted by atomic mass is 79.9. The number of hydrogen-bond donors (Lipinski definition) is 1. The number of ether oxygens (including phenoxy) is 2. The molecule has 0 aliphatic rings. The third kappa shape index (κ3) is 5.60. The van der Waals surface area contributed by atoms with Crippen molar-refractivity contribution in [2.75, 3.05) is 19.8 Å². The van der Waals surface area contributed by atoms with Crippen molar-refractivity contribution in [3.63, 3.8) is 0 Å². The van der Waals surface area contributed by atoms with E-state index in [1.165, 1.54) is 0 Å². The average molecular weight is 423 g/mol. The van der Waals surface area contributed by atoms with Crippen molar-refractivity contribution < 1.29 is 14.3 Å². The van der Waals surface area contributed by atoms with Crippen molar-refractivity contribution >= 4 is 37.8 Å². The van der Waals surface area contributed by atoms with Crippen LogP contribution in [0.3, 0.4) is 0 Å². The highest BCUT2D eigenvalue weighted by Crippen LogP contribution is 2.35. The first-order valence-corrected chi connectivity index (χ1v) is 8.62. The van der Waals surface area contributed by atoms with Crippen LogP contribution in [-0.2, 0) is 16.0 Å². The molecule has 118 valence electrons. The van der Waals surface area contributed by atoms with Gasteiger partial charge in [-0.05, 0) is 76.4 Å². The fraction of sp³-hybridized carbons (Fsp3) is 0.533. The van der Waals surface area contributed by atoms with E-state index in [2.05, 4.69) is 37.2 Å². The van der Waals surface area contributed by atoms with Crippen molar-refractivity contribution in [1.82, 2.24) is 5.32 Å². The van der Waals surface area contributed by atoms with Gasteiger partial charge in [0.2, 0.25) is 0 Å². The summed E-state index contributed by atoms with van der Waals surface area (Å²) in [5.74, 6) is 0.554. The van der Waals surface area contributed by atoms with E-state index < -0.39 is 0 Å². The van der Waals surface area contributed by atoms with E-state index >= 15 is 0 Å². The van der Waals surface area contributed by atoms with Gasteiger partial charge in [0.25, 0.3) is 0 Å². The Morgan fingerprint density at radius 2 is 1.81 bits per heavy atom. The molecule has 0 saturated carbocycles. The maximum Gasteiger partial charge on any atom is 0.323 e. The number of benzene rings is 1. The van der Waals surface area contributed by atoms with Gasteiger partial charge in [-0.25, -0.2) is 0 Å². The molecule has 1 aromatic carbocycles. The molecule has 21 heavy (non-hydrogen) atoms. The van der Waals surface area contributed by atoms with Crippen molar-refractivity contribution in [3.8, 4) is 5.75 Å². The summed E-state index contributed by atoms with van der Waals surface area (Å²) in [6, 6.07) is 3.60. The summed E-state index contributed by atoms with van der Waals surface area (Å²) in [4.78, 5) is 11.9. The third-order valence-electron chi connectivity index (χ3n) is 2.81. The molecule has 0 spiro atoms. The molecule has 1 atom stereocenters. The van der Waals surface area contributed by atoms with Crippen LogP contribution in [0.25, 0.3) is 0 Å². The van der Waals surface area contributed by atoms with Crippen LogP contribution in [0.4, 0.5) is 0 Å². The fourth-order valence-corrected chi connectivity index (χ4v) is 3.49. The Bertz CT molecular complexity index is 457. The van der Waals surface area contributed by atoms with Gasteiger partial charge in [-0.3, -0.25) is 4.79 Å². The summed E-state index contributed by atoms with van der Waals surface area (Å²) >= 11 is 7.01. The smallest absolute Gasteiger partial charge is 0.323 e. The summed E-state index contributed by atoms with van der Waals surface area (Å²) in [6.07, 6.45) is 0.566. The molecule has 1 aromatic rings. The van der Waals surface area contributed by atoms with E-state index in [1.54, 1.807) is 0 Å². The van der Waals surface area contributed by atoms with Crippen molar-refractivity contribution in [1.29, 1.82) is 0 Å². The second-order valence-electron chi connectivity index (χ2n) is 4.39. The van der Waals surface area contributed by atoms with Crippen LogP contribution in [-0.4, -0.2) is 31.8 Å². The average Bonchev–Trinajstić information content (AvgIpc) is 2.42. The Morgan fingerprint density at radius 3 is 2.29 bits per heavy atom. The van der Waals surface area contributed by atoms with Gasteiger partial charge in [-0.15, -0.1) is 0 Å². The molecule has 0 fully saturated rings. The summed E-state index contributed by atoms with van der Waals surface area (Å²) < 4.78 is 12.4. The zero-order valence-corrected chi connectivity index (χ0v) is 15.7. The normalized spacial score (nSPS) is 12.0. The molecule has 0 bridgehead atoms. The molecule has 0 aliphatic carbocycles. The van der Waals surface area contributed by atoms with Crippen LogP contribution >= 0.6 is 31.9 Å². The van der Waals surface area contributed by atoms with Gasteiger partial charge in [-0.2, -0.15) is 0 Å². The van der Waals surface area contributed by atoms with Gasteiger partial charge in [-0.1, -0.05) is 6.92 Å². The molecule has 6 heteroatoms. The summed E-state index contributed by atoms with van der Waals surface area (Å²) in [5.41, 5.74) is 1.02. The summed E-state index contributed by atoms with van der Waals surface area (Å²) in [7, 11) is 0. The molecule has 0 heterocycles. The predicted molar refractivity (Wildman–Crippen MR) is 90.8 cm³/mol. The molecule has 4 nitrogen and oxygen atoms in total. The number of likely N-dealkylation sites (N-methyl/N-ethyl adjacent to an activating group) is 1. The van der Waals surface area contributed by atoms with Crippen LogP contribution < -0.4 is 10.1 Å². The molecule has 0 aliphatic heterocycles. The third-order valence-corrected chi connectivity index (χ3v) is 3.99. The second-order valence-corrected chi connectivity index (χ2v) is 6.10. The van der Waals surface area contributed by atoms with E-state index in [0.29, 0.717) is 26.2 Å². The lowest BCUT2D eigenvalue weighted by atomic mass is 10.1. The molecular weight excluding hydrogens is 402 g/mol. The van der Waals surface area contributed by atoms with Gasteiger partial charge in [0, 0.05) is 0 Å². The Balaban J connectivity index is 2.91. The molecule has 0 saturated heterocycles. The second kappa shape index (κ2) is 9.43. The molecule has 1 N–H and O–H groups in total. The monoisotopic (exact) mass is 421 g/mol. The van der Waals surface area contributed by atoms with Crippen LogP contribution in [0, 0.1) is 0 Å². The summed E-state index contributed by atoms with van der Waals surface area (Å²) in [6.45, 7) is 7.41. The van der Waals surface area contributed by atoms with Gasteiger partial charge in [0.15, 0.2) is 0 Å². The fourth-order valence-electron chi connectivity index (χ4n) is 1.98. The van der Waals surface area contributed by atoms with Crippen LogP contribution in [0.2, 0.25) is 0 Å². The number of rotatable bonds is 8. The van der Waals surface area contributed by atoms with E-state index in [0.717, 1.165) is 20.3 Å². The van der Waals surface area contributed by atoms with Crippen molar-refractivity contribution in [3.05, 3.63) is 26.6 Å². The Kier molecular flexibility index (Phi) is 8.29. The zero-order chi connectivity index (χ0) is 15.8. The van der Waals surface area contributed by atoms with Crippen LogP contribution in [0.15, 0.2) is 21.1 Å². The van der Waals surface area contributed by atoms with Gasteiger partial charge >= 0.3 is 5.97 Å². The minimum Gasteiger partial charge on any atom is -0.492 e. The number of halogens is 2. The van der Waals surface area contributed by atoms with Crippen LogP contribution in [0.1, 0.15) is 26.3 Å². The van der Waals surface area contributed by atoms with Gasteiger partial charge < -0.3 is 14.8 Å². The number of hydrogen-bond acceptors (Lipinski definition) is 4. The van der Waals surface area contributed by atoms with E-state index in [1.807, 2.05) is 32.9 Å². The summed E-state index contributed by atoms with van der Waals surface area (Å²) in [5, 5.41) is 3.16. The molecule has 0 aromatic heterocycles. The predicted octanol–water partition coefficient (Wildman–Crippen LogP) is 3.69. The minimum atomic E-state index is -0.341. The van der Waals surface area contributed by atoms with Crippen molar-refractivity contribution in [2.24, 2.45) is 0 Å². The van der Waals surface area contributed by atoms with E-state index in [-0.39, 0.29) is 12.0 Å². The molecule has 0 amide bonds. The number of carbonyl (C=O) groups excluding carboxylic acids is 1.